The van der Waals surface area contributed by atoms with E-state index in [9.17, 15) is 4.79 Å². The van der Waals surface area contributed by atoms with Gasteiger partial charge in [0.15, 0.2) is 5.78 Å². The van der Waals surface area contributed by atoms with Gasteiger partial charge in [-0.15, -0.1) is 0 Å². The van der Waals surface area contributed by atoms with Crippen molar-refractivity contribution in [1.29, 1.82) is 0 Å². The Balaban J connectivity index is 2.83. The fourth-order valence-corrected chi connectivity index (χ4v) is 1.94. The highest BCUT2D eigenvalue weighted by Crippen LogP contribution is 2.35. The molecule has 0 unspecified atom stereocenters. The minimum absolute atomic E-state index is 0.112. The normalized spacial score (nSPS) is 25.6. The molecule has 0 aliphatic heterocycles. The molecule has 0 spiro atoms. The lowest BCUT2D eigenvalue weighted by Gasteiger charge is -2.29. The summed E-state index contributed by atoms with van der Waals surface area (Å²) in [7, 11) is 0. The van der Waals surface area contributed by atoms with E-state index < -0.39 is 0 Å². The molecule has 1 rings (SSSR count). The first-order valence-electron chi connectivity index (χ1n) is 5.19. The van der Waals surface area contributed by atoms with Crippen LogP contribution in [0.15, 0.2) is 11.6 Å². The summed E-state index contributed by atoms with van der Waals surface area (Å²) in [5.41, 5.74) is 0.949. The van der Waals surface area contributed by atoms with Crippen LogP contribution in [0, 0.1) is 11.3 Å². The van der Waals surface area contributed by atoms with E-state index in [0.717, 1.165) is 24.8 Å². The molecule has 1 fully saturated rings. The maximum atomic E-state index is 11.9. The molecule has 0 atom stereocenters. The average molecular weight is 180 g/mol. The molecule has 0 heterocycles. The molecule has 0 radical (unpaired) electrons. The fourth-order valence-electron chi connectivity index (χ4n) is 1.94. The predicted molar refractivity (Wildman–Crippen MR) is 55.6 cm³/mol. The SMILES string of the molecule is CC(C)/C=C1/CCCC(C)(C)C1=O. The lowest BCUT2D eigenvalue weighted by Crippen LogP contribution is -2.29. The van der Waals surface area contributed by atoms with Crippen LogP contribution in [-0.4, -0.2) is 5.78 Å². The lowest BCUT2D eigenvalue weighted by molar-refractivity contribution is -0.124. The summed E-state index contributed by atoms with van der Waals surface area (Å²) in [5.74, 6) is 0.861. The average Bonchev–Trinajstić information content (AvgIpc) is 1.98. The van der Waals surface area contributed by atoms with Crippen LogP contribution in [0.4, 0.5) is 0 Å². The van der Waals surface area contributed by atoms with Crippen molar-refractivity contribution < 1.29 is 4.79 Å². The number of rotatable bonds is 1. The molecule has 0 N–H and O–H groups in total. The highest BCUT2D eigenvalue weighted by atomic mass is 16.1. The van der Waals surface area contributed by atoms with Crippen LogP contribution >= 0.6 is 0 Å². The van der Waals surface area contributed by atoms with Gasteiger partial charge in [0.1, 0.15) is 0 Å². The third kappa shape index (κ3) is 2.43. The van der Waals surface area contributed by atoms with Crippen LogP contribution in [0.2, 0.25) is 0 Å². The summed E-state index contributed by atoms with van der Waals surface area (Å²) in [5, 5.41) is 0. The van der Waals surface area contributed by atoms with Gasteiger partial charge in [-0.05, 0) is 30.8 Å². The second kappa shape index (κ2) is 3.65. The first-order chi connectivity index (χ1) is 5.93. The highest BCUT2D eigenvalue weighted by Gasteiger charge is 2.33. The van der Waals surface area contributed by atoms with Crippen molar-refractivity contribution in [1.82, 2.24) is 0 Å². The summed E-state index contributed by atoms with van der Waals surface area (Å²) in [6.45, 7) is 8.37. The zero-order chi connectivity index (χ0) is 10.1. The van der Waals surface area contributed by atoms with Crippen molar-refractivity contribution in [3.63, 3.8) is 0 Å². The third-order valence-corrected chi connectivity index (χ3v) is 2.69. The number of hydrogen-bond acceptors (Lipinski definition) is 1. The Morgan fingerprint density at radius 2 is 2.00 bits per heavy atom. The molecule has 0 bridgehead atoms. The molecule has 1 aliphatic carbocycles. The van der Waals surface area contributed by atoms with Gasteiger partial charge in [0.25, 0.3) is 0 Å². The van der Waals surface area contributed by atoms with Crippen molar-refractivity contribution in [2.75, 3.05) is 0 Å². The van der Waals surface area contributed by atoms with Crippen LogP contribution in [0.3, 0.4) is 0 Å². The molecular weight excluding hydrogens is 160 g/mol. The second-order valence-electron chi connectivity index (χ2n) is 5.00. The van der Waals surface area contributed by atoms with Gasteiger partial charge in [-0.25, -0.2) is 0 Å². The molecule has 0 amide bonds. The first kappa shape index (κ1) is 10.5. The largest absolute Gasteiger partial charge is 0.294 e. The van der Waals surface area contributed by atoms with Gasteiger partial charge in [0.2, 0.25) is 0 Å². The third-order valence-electron chi connectivity index (χ3n) is 2.69. The molecule has 0 aromatic rings. The Morgan fingerprint density at radius 1 is 1.38 bits per heavy atom. The Hall–Kier alpha value is -0.590. The zero-order valence-electron chi connectivity index (χ0n) is 9.18. The maximum Gasteiger partial charge on any atom is 0.164 e. The standard InChI is InChI=1S/C12H20O/c1-9(2)8-10-6-5-7-12(3,4)11(10)13/h8-9H,5-7H2,1-4H3/b10-8-. The van der Waals surface area contributed by atoms with E-state index in [0.29, 0.717) is 11.7 Å². The molecule has 74 valence electrons. The number of carbonyl (C=O) groups excluding carboxylic acids is 1. The van der Waals surface area contributed by atoms with Crippen LogP contribution in [0.5, 0.6) is 0 Å². The summed E-state index contributed by atoms with van der Waals surface area (Å²) in [6, 6.07) is 0. The quantitative estimate of drug-likeness (QED) is 0.565. The van der Waals surface area contributed by atoms with E-state index >= 15 is 0 Å². The highest BCUT2D eigenvalue weighted by molar-refractivity contribution is 6.00. The van der Waals surface area contributed by atoms with Gasteiger partial charge in [-0.1, -0.05) is 33.8 Å². The number of Topliss-reactive ketones (excluding diaryl/α,β-unsaturated/α-hetero) is 1. The minimum atomic E-state index is -0.112. The van der Waals surface area contributed by atoms with Crippen molar-refractivity contribution in [3.8, 4) is 0 Å². The molecule has 0 saturated heterocycles. The molecule has 1 heteroatoms. The Labute approximate surface area is 81.2 Å². The molecule has 1 saturated carbocycles. The van der Waals surface area contributed by atoms with Crippen LogP contribution in [0.1, 0.15) is 47.0 Å². The molecule has 0 aromatic heterocycles. The molecule has 1 aliphatic rings. The monoisotopic (exact) mass is 180 g/mol. The molecule has 1 nitrogen and oxygen atoms in total. The summed E-state index contributed by atoms with van der Waals surface area (Å²) < 4.78 is 0. The maximum absolute atomic E-state index is 11.9. The van der Waals surface area contributed by atoms with E-state index in [2.05, 4.69) is 33.8 Å². The van der Waals surface area contributed by atoms with E-state index in [1.165, 1.54) is 0 Å². The van der Waals surface area contributed by atoms with Crippen LogP contribution in [-0.2, 0) is 4.79 Å². The van der Waals surface area contributed by atoms with E-state index in [4.69, 9.17) is 0 Å². The second-order valence-corrected chi connectivity index (χ2v) is 5.00. The van der Waals surface area contributed by atoms with E-state index in [1.54, 1.807) is 0 Å². The van der Waals surface area contributed by atoms with E-state index in [-0.39, 0.29) is 5.41 Å². The first-order valence-corrected chi connectivity index (χ1v) is 5.19. The Bertz CT molecular complexity index is 234. The fraction of sp³-hybridized carbons (Fsp3) is 0.750. The van der Waals surface area contributed by atoms with Crippen molar-refractivity contribution in [3.05, 3.63) is 11.6 Å². The van der Waals surface area contributed by atoms with Crippen molar-refractivity contribution >= 4 is 5.78 Å². The zero-order valence-corrected chi connectivity index (χ0v) is 9.18. The minimum Gasteiger partial charge on any atom is -0.294 e. The number of allylic oxidation sites excluding steroid dienone is 2. The number of carbonyl (C=O) groups is 1. The van der Waals surface area contributed by atoms with Gasteiger partial charge in [0.05, 0.1) is 0 Å². The Kier molecular flexibility index (Phi) is 2.94. The molecule has 0 aromatic carbocycles. The predicted octanol–water partition coefficient (Wildman–Crippen LogP) is 3.35. The summed E-state index contributed by atoms with van der Waals surface area (Å²) in [6.07, 6.45) is 5.32. The number of hydrogen-bond donors (Lipinski definition) is 0. The van der Waals surface area contributed by atoms with Gasteiger partial charge in [-0.3, -0.25) is 4.79 Å². The summed E-state index contributed by atoms with van der Waals surface area (Å²) in [4.78, 5) is 11.9. The molecule has 13 heavy (non-hydrogen) atoms. The van der Waals surface area contributed by atoms with Gasteiger partial charge in [0, 0.05) is 5.41 Å². The van der Waals surface area contributed by atoms with Gasteiger partial charge in [-0.2, -0.15) is 0 Å². The smallest absolute Gasteiger partial charge is 0.164 e. The Morgan fingerprint density at radius 3 is 2.54 bits per heavy atom. The number of ketones is 1. The van der Waals surface area contributed by atoms with Crippen molar-refractivity contribution in [2.24, 2.45) is 11.3 Å². The van der Waals surface area contributed by atoms with Crippen LogP contribution < -0.4 is 0 Å². The van der Waals surface area contributed by atoms with Crippen molar-refractivity contribution in [2.45, 2.75) is 47.0 Å². The van der Waals surface area contributed by atoms with E-state index in [1.807, 2.05) is 0 Å². The topological polar surface area (TPSA) is 17.1 Å². The summed E-state index contributed by atoms with van der Waals surface area (Å²) >= 11 is 0. The molecular formula is C12H20O. The van der Waals surface area contributed by atoms with Crippen LogP contribution in [0.25, 0.3) is 0 Å². The van der Waals surface area contributed by atoms with Gasteiger partial charge < -0.3 is 0 Å². The van der Waals surface area contributed by atoms with Gasteiger partial charge >= 0.3 is 0 Å². The lowest BCUT2D eigenvalue weighted by atomic mass is 9.73.